The van der Waals surface area contributed by atoms with Crippen LogP contribution in [0.4, 0.5) is 0 Å². The van der Waals surface area contributed by atoms with Crippen molar-refractivity contribution in [2.75, 3.05) is 20.6 Å². The van der Waals surface area contributed by atoms with Gasteiger partial charge in [-0.15, -0.1) is 0 Å². The van der Waals surface area contributed by atoms with Crippen LogP contribution in [-0.4, -0.2) is 44.6 Å². The number of hydrogen-bond acceptors (Lipinski definition) is 2. The molecule has 2 N–H and O–H groups in total. The molecule has 0 atom stereocenters. The van der Waals surface area contributed by atoms with Crippen LogP contribution in [0.3, 0.4) is 0 Å². The number of aromatic amines is 2. The molecule has 0 saturated heterocycles. The van der Waals surface area contributed by atoms with Crippen molar-refractivity contribution in [3.63, 3.8) is 0 Å². The van der Waals surface area contributed by atoms with E-state index in [-0.39, 0.29) is 5.69 Å². The van der Waals surface area contributed by atoms with Crippen molar-refractivity contribution in [1.29, 1.82) is 0 Å². The van der Waals surface area contributed by atoms with Crippen molar-refractivity contribution in [3.05, 3.63) is 77.6 Å². The Labute approximate surface area is 174 Å². The summed E-state index contributed by atoms with van der Waals surface area (Å²) in [6.07, 6.45) is 6.96. The SMILES string of the molecule is CN(C)CCCn1cc(-c2c[nH]c(=O)n2-c2c[nH]c3ccccc23)c2ccccc21. The van der Waals surface area contributed by atoms with Gasteiger partial charge in [-0.2, -0.15) is 0 Å². The van der Waals surface area contributed by atoms with Gasteiger partial charge in [0.2, 0.25) is 0 Å². The number of fused-ring (bicyclic) bond motifs is 2. The van der Waals surface area contributed by atoms with Gasteiger partial charge in [-0.25, -0.2) is 4.79 Å². The van der Waals surface area contributed by atoms with Gasteiger partial charge in [0.25, 0.3) is 0 Å². The number of hydrogen-bond donors (Lipinski definition) is 2. The van der Waals surface area contributed by atoms with Crippen molar-refractivity contribution in [2.24, 2.45) is 0 Å². The van der Waals surface area contributed by atoms with Crippen LogP contribution in [0.1, 0.15) is 6.42 Å². The van der Waals surface area contributed by atoms with E-state index in [1.807, 2.05) is 36.7 Å². The number of H-pyrrole nitrogens is 2. The first kappa shape index (κ1) is 18.5. The van der Waals surface area contributed by atoms with E-state index in [2.05, 4.69) is 64.0 Å². The van der Waals surface area contributed by atoms with Crippen molar-refractivity contribution in [3.8, 4) is 16.9 Å². The first-order valence-electron chi connectivity index (χ1n) is 10.2. The van der Waals surface area contributed by atoms with Crippen LogP contribution in [0.25, 0.3) is 38.8 Å². The molecule has 0 radical (unpaired) electrons. The molecule has 0 bridgehead atoms. The fourth-order valence-electron chi connectivity index (χ4n) is 4.24. The Balaban J connectivity index is 1.66. The van der Waals surface area contributed by atoms with Crippen LogP contribution in [0.15, 0.2) is 71.9 Å². The maximum atomic E-state index is 12.8. The third kappa shape index (κ3) is 3.06. The fraction of sp³-hybridized carbons (Fsp3) is 0.208. The van der Waals surface area contributed by atoms with Crippen molar-refractivity contribution < 1.29 is 0 Å². The quantitative estimate of drug-likeness (QED) is 0.449. The molecule has 0 aliphatic carbocycles. The zero-order chi connectivity index (χ0) is 20.7. The van der Waals surface area contributed by atoms with E-state index in [1.54, 1.807) is 4.57 Å². The lowest BCUT2D eigenvalue weighted by atomic mass is 10.1. The molecule has 152 valence electrons. The summed E-state index contributed by atoms with van der Waals surface area (Å²) >= 11 is 0. The molecule has 0 unspecified atom stereocenters. The number of aromatic nitrogens is 4. The maximum Gasteiger partial charge on any atom is 0.330 e. The Morgan fingerprint density at radius 2 is 1.70 bits per heavy atom. The minimum absolute atomic E-state index is 0.140. The molecule has 0 spiro atoms. The molecule has 6 heteroatoms. The molecule has 2 aromatic carbocycles. The molecule has 30 heavy (non-hydrogen) atoms. The molecule has 0 fully saturated rings. The monoisotopic (exact) mass is 399 g/mol. The summed E-state index contributed by atoms with van der Waals surface area (Å²) in [5, 5.41) is 2.17. The second-order valence-electron chi connectivity index (χ2n) is 7.94. The third-order valence-corrected chi connectivity index (χ3v) is 5.65. The summed E-state index contributed by atoms with van der Waals surface area (Å²) in [5.74, 6) is 0. The summed E-state index contributed by atoms with van der Waals surface area (Å²) in [6, 6.07) is 16.4. The summed E-state index contributed by atoms with van der Waals surface area (Å²) < 4.78 is 4.07. The Kier molecular flexibility index (Phi) is 4.56. The lowest BCUT2D eigenvalue weighted by molar-refractivity contribution is 0.388. The summed E-state index contributed by atoms with van der Waals surface area (Å²) in [5.41, 5.74) is 4.84. The lowest BCUT2D eigenvalue weighted by Crippen LogP contribution is -2.15. The van der Waals surface area contributed by atoms with Crippen LogP contribution >= 0.6 is 0 Å². The summed E-state index contributed by atoms with van der Waals surface area (Å²) in [6.45, 7) is 1.96. The lowest BCUT2D eigenvalue weighted by Gasteiger charge is -2.10. The largest absolute Gasteiger partial charge is 0.359 e. The fourth-order valence-corrected chi connectivity index (χ4v) is 4.24. The van der Waals surface area contributed by atoms with Gasteiger partial charge in [0, 0.05) is 52.5 Å². The molecule has 0 saturated carbocycles. The van der Waals surface area contributed by atoms with E-state index in [4.69, 9.17) is 0 Å². The second-order valence-corrected chi connectivity index (χ2v) is 7.94. The molecule has 6 nitrogen and oxygen atoms in total. The van der Waals surface area contributed by atoms with Crippen LogP contribution in [0.5, 0.6) is 0 Å². The average Bonchev–Trinajstić information content (AvgIpc) is 3.43. The zero-order valence-electron chi connectivity index (χ0n) is 17.2. The predicted molar refractivity (Wildman–Crippen MR) is 122 cm³/mol. The number of rotatable bonds is 6. The molecular formula is C24H25N5O. The highest BCUT2D eigenvalue weighted by Gasteiger charge is 2.18. The van der Waals surface area contributed by atoms with Gasteiger partial charge in [0.15, 0.2) is 0 Å². The summed E-state index contributed by atoms with van der Waals surface area (Å²) in [7, 11) is 4.19. The van der Waals surface area contributed by atoms with E-state index in [0.717, 1.165) is 52.7 Å². The number of aryl methyl sites for hydroxylation is 1. The van der Waals surface area contributed by atoms with E-state index in [0.29, 0.717) is 0 Å². The number of nitrogens with zero attached hydrogens (tertiary/aromatic N) is 3. The summed E-state index contributed by atoms with van der Waals surface area (Å²) in [4.78, 5) is 21.2. The Morgan fingerprint density at radius 3 is 2.53 bits per heavy atom. The molecule has 3 aromatic heterocycles. The van der Waals surface area contributed by atoms with Gasteiger partial charge in [0.1, 0.15) is 0 Å². The molecule has 0 aliphatic rings. The normalized spacial score (nSPS) is 11.8. The zero-order valence-corrected chi connectivity index (χ0v) is 17.2. The standard InChI is InChI=1S/C24H25N5O/c1-27(2)12-7-13-28-16-19(17-8-4-6-11-21(17)28)23-15-26-24(30)29(23)22-14-25-20-10-5-3-9-18(20)22/h3-6,8-11,14-16,25H,7,12-13H2,1-2H3,(H,26,30). The van der Waals surface area contributed by atoms with Gasteiger partial charge in [-0.3, -0.25) is 4.57 Å². The average molecular weight is 399 g/mol. The van der Waals surface area contributed by atoms with Crippen LogP contribution in [0.2, 0.25) is 0 Å². The molecule has 3 heterocycles. The molecular weight excluding hydrogens is 374 g/mol. The predicted octanol–water partition coefficient (Wildman–Crippen LogP) is 4.22. The van der Waals surface area contributed by atoms with E-state index >= 15 is 0 Å². The van der Waals surface area contributed by atoms with E-state index in [9.17, 15) is 4.79 Å². The third-order valence-electron chi connectivity index (χ3n) is 5.65. The van der Waals surface area contributed by atoms with Gasteiger partial charge < -0.3 is 19.4 Å². The van der Waals surface area contributed by atoms with Crippen molar-refractivity contribution in [1.82, 2.24) is 24.0 Å². The maximum absolute atomic E-state index is 12.8. The van der Waals surface area contributed by atoms with Crippen LogP contribution in [0, 0.1) is 0 Å². The molecule has 0 aliphatic heterocycles. The van der Waals surface area contributed by atoms with Crippen LogP contribution < -0.4 is 5.69 Å². The topological polar surface area (TPSA) is 61.8 Å². The Bertz CT molecular complexity index is 1380. The highest BCUT2D eigenvalue weighted by Crippen LogP contribution is 2.32. The molecule has 0 amide bonds. The van der Waals surface area contributed by atoms with Gasteiger partial charge in [-0.1, -0.05) is 36.4 Å². The number of para-hydroxylation sites is 2. The number of imidazole rings is 1. The van der Waals surface area contributed by atoms with Gasteiger partial charge >= 0.3 is 5.69 Å². The van der Waals surface area contributed by atoms with Crippen molar-refractivity contribution >= 4 is 21.8 Å². The minimum Gasteiger partial charge on any atom is -0.359 e. The smallest absolute Gasteiger partial charge is 0.330 e. The Morgan fingerprint density at radius 1 is 0.933 bits per heavy atom. The highest BCUT2D eigenvalue weighted by atomic mass is 16.1. The Hall–Kier alpha value is -3.51. The second kappa shape index (κ2) is 7.39. The van der Waals surface area contributed by atoms with E-state index < -0.39 is 0 Å². The van der Waals surface area contributed by atoms with E-state index in [1.165, 1.54) is 5.52 Å². The van der Waals surface area contributed by atoms with Gasteiger partial charge in [-0.05, 0) is 39.2 Å². The number of nitrogens with one attached hydrogen (secondary N) is 2. The minimum atomic E-state index is -0.140. The van der Waals surface area contributed by atoms with Crippen molar-refractivity contribution in [2.45, 2.75) is 13.0 Å². The van der Waals surface area contributed by atoms with Gasteiger partial charge in [0.05, 0.1) is 11.4 Å². The molecule has 5 rings (SSSR count). The number of benzene rings is 2. The first-order valence-corrected chi connectivity index (χ1v) is 10.2. The first-order chi connectivity index (χ1) is 14.6. The molecule has 5 aromatic rings. The van der Waals surface area contributed by atoms with Crippen LogP contribution in [-0.2, 0) is 6.54 Å². The highest BCUT2D eigenvalue weighted by molar-refractivity contribution is 5.96.